The van der Waals surface area contributed by atoms with Crippen LogP contribution in [0.4, 0.5) is 11.6 Å². The van der Waals surface area contributed by atoms with Crippen LogP contribution in [0.1, 0.15) is 6.92 Å². The molecule has 21 heavy (non-hydrogen) atoms. The van der Waals surface area contributed by atoms with Crippen LogP contribution in [0, 0.1) is 10.1 Å². The highest BCUT2D eigenvalue weighted by atomic mass is 35.5. The van der Waals surface area contributed by atoms with Gasteiger partial charge in [-0.15, -0.1) is 0 Å². The Kier molecular flexibility index (Phi) is 4.77. The molecule has 0 spiro atoms. The van der Waals surface area contributed by atoms with Crippen molar-refractivity contribution < 1.29 is 9.66 Å². The summed E-state index contributed by atoms with van der Waals surface area (Å²) in [5.74, 6) is 0.679. The molecular weight excluding hydrogens is 319 g/mol. The molecular formula is C12H10Cl2N4O3. The summed E-state index contributed by atoms with van der Waals surface area (Å²) in [5, 5.41) is 13.9. The lowest BCUT2D eigenvalue weighted by Gasteiger charge is -2.09. The van der Waals surface area contributed by atoms with Gasteiger partial charge in [0.25, 0.3) is 5.69 Å². The number of halogens is 2. The lowest BCUT2D eigenvalue weighted by molar-refractivity contribution is -0.384. The zero-order valence-corrected chi connectivity index (χ0v) is 12.4. The van der Waals surface area contributed by atoms with E-state index in [0.29, 0.717) is 12.5 Å². The van der Waals surface area contributed by atoms with Gasteiger partial charge in [-0.05, 0) is 13.0 Å². The van der Waals surface area contributed by atoms with Crippen LogP contribution in [0.15, 0.2) is 24.4 Å². The van der Waals surface area contributed by atoms with Crippen LogP contribution >= 0.6 is 23.2 Å². The molecule has 1 N–H and O–H groups in total. The van der Waals surface area contributed by atoms with Crippen LogP contribution in [-0.4, -0.2) is 21.4 Å². The zero-order valence-electron chi connectivity index (χ0n) is 10.8. The molecule has 0 unspecified atom stereocenters. The fourth-order valence-corrected chi connectivity index (χ4v) is 1.80. The van der Waals surface area contributed by atoms with E-state index >= 15 is 0 Å². The van der Waals surface area contributed by atoms with Crippen molar-refractivity contribution in [2.75, 3.05) is 11.9 Å². The lowest BCUT2D eigenvalue weighted by Crippen LogP contribution is -2.03. The first-order valence-corrected chi connectivity index (χ1v) is 6.65. The highest BCUT2D eigenvalue weighted by Gasteiger charge is 2.13. The topological polar surface area (TPSA) is 90.2 Å². The predicted octanol–water partition coefficient (Wildman–Crippen LogP) is 3.92. The number of hydrogen-bond donors (Lipinski definition) is 1. The van der Waals surface area contributed by atoms with Gasteiger partial charge in [-0.2, -0.15) is 4.98 Å². The SMILES string of the molecule is CCNc1ncc(Cl)c(Oc2ccc([N+](=O)[O-])cc2Cl)n1. The van der Waals surface area contributed by atoms with Gasteiger partial charge in [0.15, 0.2) is 0 Å². The monoisotopic (exact) mass is 328 g/mol. The second-order valence-electron chi connectivity index (χ2n) is 3.85. The molecule has 0 radical (unpaired) electrons. The Hall–Kier alpha value is -2.12. The fraction of sp³-hybridized carbons (Fsp3) is 0.167. The molecule has 2 aromatic rings. The molecule has 9 heteroatoms. The first kappa shape index (κ1) is 15.3. The number of nitro benzene ring substituents is 1. The van der Waals surface area contributed by atoms with E-state index in [4.69, 9.17) is 27.9 Å². The number of hydrogen-bond acceptors (Lipinski definition) is 6. The Balaban J connectivity index is 2.29. The van der Waals surface area contributed by atoms with E-state index in [1.165, 1.54) is 24.4 Å². The van der Waals surface area contributed by atoms with Crippen molar-refractivity contribution >= 4 is 34.8 Å². The standard InChI is InChI=1S/C12H10Cl2N4O3/c1-2-15-12-16-6-9(14)11(17-12)21-10-4-3-7(18(19)20)5-8(10)13/h3-6H,2H2,1H3,(H,15,16,17). The Morgan fingerprint density at radius 2 is 2.14 bits per heavy atom. The van der Waals surface area contributed by atoms with E-state index in [9.17, 15) is 10.1 Å². The largest absolute Gasteiger partial charge is 0.436 e. The van der Waals surface area contributed by atoms with Gasteiger partial charge in [0, 0.05) is 18.7 Å². The van der Waals surface area contributed by atoms with Gasteiger partial charge in [0.1, 0.15) is 10.8 Å². The molecule has 0 fully saturated rings. The molecule has 1 aromatic carbocycles. The average Bonchev–Trinajstić information content (AvgIpc) is 2.44. The van der Waals surface area contributed by atoms with Crippen molar-refractivity contribution in [2.24, 2.45) is 0 Å². The van der Waals surface area contributed by atoms with E-state index in [0.717, 1.165) is 0 Å². The van der Waals surface area contributed by atoms with Gasteiger partial charge >= 0.3 is 0 Å². The molecule has 0 bridgehead atoms. The molecule has 7 nitrogen and oxygen atoms in total. The average molecular weight is 329 g/mol. The first-order valence-electron chi connectivity index (χ1n) is 5.89. The molecule has 0 saturated heterocycles. The third kappa shape index (κ3) is 3.71. The number of rotatable bonds is 5. The molecule has 0 atom stereocenters. The normalized spacial score (nSPS) is 10.2. The summed E-state index contributed by atoms with van der Waals surface area (Å²) in [4.78, 5) is 18.2. The van der Waals surface area contributed by atoms with Gasteiger partial charge in [0.05, 0.1) is 16.1 Å². The summed E-state index contributed by atoms with van der Waals surface area (Å²) >= 11 is 11.9. The summed E-state index contributed by atoms with van der Waals surface area (Å²) in [6.45, 7) is 2.53. The minimum Gasteiger partial charge on any atom is -0.436 e. The lowest BCUT2D eigenvalue weighted by atomic mass is 10.3. The summed E-state index contributed by atoms with van der Waals surface area (Å²) in [6, 6.07) is 3.85. The Bertz CT molecular complexity index is 682. The van der Waals surface area contributed by atoms with E-state index in [1.807, 2.05) is 6.92 Å². The molecule has 1 aromatic heterocycles. The number of non-ortho nitro benzene ring substituents is 1. The molecule has 0 aliphatic rings. The van der Waals surface area contributed by atoms with Crippen LogP contribution in [0.2, 0.25) is 10.0 Å². The highest BCUT2D eigenvalue weighted by Crippen LogP contribution is 2.34. The minimum absolute atomic E-state index is 0.0869. The zero-order chi connectivity index (χ0) is 15.4. The van der Waals surface area contributed by atoms with Crippen LogP contribution in [0.5, 0.6) is 11.6 Å². The quantitative estimate of drug-likeness (QED) is 0.660. The van der Waals surface area contributed by atoms with Crippen molar-refractivity contribution in [1.82, 2.24) is 9.97 Å². The third-order valence-electron chi connectivity index (χ3n) is 2.38. The van der Waals surface area contributed by atoms with Crippen molar-refractivity contribution in [3.05, 3.63) is 44.6 Å². The summed E-state index contributed by atoms with van der Waals surface area (Å²) < 4.78 is 5.48. The van der Waals surface area contributed by atoms with Crippen molar-refractivity contribution in [2.45, 2.75) is 6.92 Å². The summed E-state index contributed by atoms with van der Waals surface area (Å²) in [7, 11) is 0. The molecule has 0 amide bonds. The Morgan fingerprint density at radius 3 is 2.76 bits per heavy atom. The number of ether oxygens (including phenoxy) is 1. The van der Waals surface area contributed by atoms with E-state index in [1.54, 1.807) is 0 Å². The number of aromatic nitrogens is 2. The second kappa shape index (κ2) is 6.55. The maximum atomic E-state index is 10.6. The minimum atomic E-state index is -0.545. The van der Waals surface area contributed by atoms with Gasteiger partial charge in [-0.1, -0.05) is 23.2 Å². The molecule has 1 heterocycles. The smallest absolute Gasteiger partial charge is 0.271 e. The van der Waals surface area contributed by atoms with Gasteiger partial charge in [-0.25, -0.2) is 4.98 Å². The summed E-state index contributed by atoms with van der Waals surface area (Å²) in [5.41, 5.74) is -0.130. The van der Waals surface area contributed by atoms with Crippen LogP contribution < -0.4 is 10.1 Å². The van der Waals surface area contributed by atoms with Crippen molar-refractivity contribution in [3.63, 3.8) is 0 Å². The molecule has 0 aliphatic heterocycles. The van der Waals surface area contributed by atoms with E-state index < -0.39 is 4.92 Å². The molecule has 2 rings (SSSR count). The van der Waals surface area contributed by atoms with E-state index in [2.05, 4.69) is 15.3 Å². The van der Waals surface area contributed by atoms with Crippen LogP contribution in [-0.2, 0) is 0 Å². The number of benzene rings is 1. The maximum absolute atomic E-state index is 10.6. The fourth-order valence-electron chi connectivity index (χ4n) is 1.46. The van der Waals surface area contributed by atoms with E-state index in [-0.39, 0.29) is 27.4 Å². The number of nitrogens with one attached hydrogen (secondary N) is 1. The van der Waals surface area contributed by atoms with Crippen LogP contribution in [0.25, 0.3) is 0 Å². The third-order valence-corrected chi connectivity index (χ3v) is 2.93. The van der Waals surface area contributed by atoms with Crippen LogP contribution in [0.3, 0.4) is 0 Å². The highest BCUT2D eigenvalue weighted by molar-refractivity contribution is 6.32. The summed E-state index contributed by atoms with van der Waals surface area (Å²) in [6.07, 6.45) is 1.39. The van der Waals surface area contributed by atoms with Crippen molar-refractivity contribution in [3.8, 4) is 11.6 Å². The number of anilines is 1. The number of nitrogens with zero attached hydrogens (tertiary/aromatic N) is 3. The molecule has 110 valence electrons. The van der Waals surface area contributed by atoms with Gasteiger partial charge in [-0.3, -0.25) is 10.1 Å². The predicted molar refractivity (Wildman–Crippen MR) is 79.4 cm³/mol. The van der Waals surface area contributed by atoms with Crippen molar-refractivity contribution in [1.29, 1.82) is 0 Å². The van der Waals surface area contributed by atoms with Gasteiger partial charge in [0.2, 0.25) is 11.8 Å². The Labute approximate surface area is 130 Å². The number of nitro groups is 1. The molecule has 0 saturated carbocycles. The van der Waals surface area contributed by atoms with Gasteiger partial charge < -0.3 is 10.1 Å². The second-order valence-corrected chi connectivity index (χ2v) is 4.67. The maximum Gasteiger partial charge on any atom is 0.271 e. The molecule has 0 aliphatic carbocycles. The Morgan fingerprint density at radius 1 is 1.38 bits per heavy atom. The first-order chi connectivity index (χ1) is 10.0.